The van der Waals surface area contributed by atoms with Crippen LogP contribution in [0.4, 0.5) is 5.13 Å². The average molecular weight is 284 g/mol. The van der Waals surface area contributed by atoms with Gasteiger partial charge in [0.25, 0.3) is 5.91 Å². The molecule has 1 aromatic rings. The van der Waals surface area contributed by atoms with E-state index in [1.54, 1.807) is 11.1 Å². The standard InChI is InChI=1S/C13H22N4OS/c1-4-16-5-7-17(8-6-16)11(3)12(18)15-13-14-9-10(2)19-13/h9,11H,4-8H2,1-3H3,(H,14,15,18)/p+2/t11-/m1/s1. The van der Waals surface area contributed by atoms with E-state index < -0.39 is 0 Å². The number of hydrogen-bond acceptors (Lipinski definition) is 3. The monoisotopic (exact) mass is 284 g/mol. The molecule has 0 unspecified atom stereocenters. The van der Waals surface area contributed by atoms with Crippen molar-refractivity contribution < 1.29 is 14.6 Å². The molecule has 1 aliphatic heterocycles. The van der Waals surface area contributed by atoms with E-state index in [2.05, 4.69) is 17.2 Å². The van der Waals surface area contributed by atoms with Crippen LogP contribution in [0.3, 0.4) is 0 Å². The number of quaternary nitrogens is 2. The van der Waals surface area contributed by atoms with E-state index in [9.17, 15) is 4.79 Å². The molecule has 0 saturated carbocycles. The summed E-state index contributed by atoms with van der Waals surface area (Å²) in [5, 5.41) is 3.64. The van der Waals surface area contributed by atoms with Crippen LogP contribution in [-0.2, 0) is 4.79 Å². The van der Waals surface area contributed by atoms with Gasteiger partial charge in [-0.25, -0.2) is 4.98 Å². The van der Waals surface area contributed by atoms with Gasteiger partial charge < -0.3 is 9.80 Å². The van der Waals surface area contributed by atoms with Gasteiger partial charge in [0.05, 0.1) is 6.54 Å². The van der Waals surface area contributed by atoms with Crippen molar-refractivity contribution in [1.82, 2.24) is 4.98 Å². The SMILES string of the molecule is CC[NH+]1CC[NH+]([C@H](C)C(=O)Nc2ncc(C)s2)CC1. The molecule has 19 heavy (non-hydrogen) atoms. The number of nitrogens with zero attached hydrogens (tertiary/aromatic N) is 1. The molecule has 106 valence electrons. The highest BCUT2D eigenvalue weighted by Crippen LogP contribution is 2.16. The van der Waals surface area contributed by atoms with Gasteiger partial charge in [-0.3, -0.25) is 10.1 Å². The quantitative estimate of drug-likeness (QED) is 0.636. The molecule has 0 radical (unpaired) electrons. The van der Waals surface area contributed by atoms with Crippen LogP contribution >= 0.6 is 11.3 Å². The number of rotatable bonds is 4. The van der Waals surface area contributed by atoms with Crippen LogP contribution < -0.4 is 15.1 Å². The van der Waals surface area contributed by atoms with Crippen molar-refractivity contribution in [2.75, 3.05) is 38.0 Å². The summed E-state index contributed by atoms with van der Waals surface area (Å²) < 4.78 is 0. The second-order valence-electron chi connectivity index (χ2n) is 5.25. The third-order valence-electron chi connectivity index (χ3n) is 3.96. The Labute approximate surface area is 118 Å². The number of aromatic nitrogens is 1. The van der Waals surface area contributed by atoms with Gasteiger partial charge in [0.1, 0.15) is 26.2 Å². The van der Waals surface area contributed by atoms with Gasteiger partial charge in [-0.1, -0.05) is 0 Å². The van der Waals surface area contributed by atoms with E-state index in [-0.39, 0.29) is 11.9 Å². The molecule has 1 fully saturated rings. The fourth-order valence-corrected chi connectivity index (χ4v) is 3.19. The fourth-order valence-electron chi connectivity index (χ4n) is 2.52. The first kappa shape index (κ1) is 14.4. The Morgan fingerprint density at radius 2 is 2.16 bits per heavy atom. The summed E-state index contributed by atoms with van der Waals surface area (Å²) in [4.78, 5) is 20.5. The molecule has 5 nitrogen and oxygen atoms in total. The maximum Gasteiger partial charge on any atom is 0.284 e. The molecule has 3 N–H and O–H groups in total. The molecule has 6 heteroatoms. The van der Waals surface area contributed by atoms with Gasteiger partial charge in [-0.2, -0.15) is 0 Å². The molecule has 0 aliphatic carbocycles. The van der Waals surface area contributed by atoms with Gasteiger partial charge in [0, 0.05) is 11.1 Å². The van der Waals surface area contributed by atoms with E-state index in [4.69, 9.17) is 0 Å². The van der Waals surface area contributed by atoms with Crippen LogP contribution in [0.25, 0.3) is 0 Å². The first-order valence-electron chi connectivity index (χ1n) is 7.01. The molecule has 0 aromatic carbocycles. The zero-order chi connectivity index (χ0) is 13.8. The Hall–Kier alpha value is -0.980. The number of likely N-dealkylation sites (N-methyl/N-ethyl adjacent to an activating group) is 1. The Kier molecular flexibility index (Phi) is 4.90. The maximum absolute atomic E-state index is 12.2. The minimum absolute atomic E-state index is 0.00242. The van der Waals surface area contributed by atoms with Gasteiger partial charge in [-0.15, -0.1) is 11.3 Å². The van der Waals surface area contributed by atoms with Crippen LogP contribution in [0.15, 0.2) is 6.20 Å². The first-order chi connectivity index (χ1) is 9.10. The van der Waals surface area contributed by atoms with Gasteiger partial charge >= 0.3 is 0 Å². The lowest BCUT2D eigenvalue weighted by molar-refractivity contribution is -1.02. The molecule has 2 rings (SSSR count). The average Bonchev–Trinajstić information content (AvgIpc) is 2.83. The second kappa shape index (κ2) is 6.45. The summed E-state index contributed by atoms with van der Waals surface area (Å²) in [5.74, 6) is 0.0873. The van der Waals surface area contributed by atoms with Gasteiger partial charge in [-0.05, 0) is 20.8 Å². The fraction of sp³-hybridized carbons (Fsp3) is 0.692. The number of carbonyl (C=O) groups excluding carboxylic acids is 1. The molecule has 1 aromatic heterocycles. The summed E-state index contributed by atoms with van der Waals surface area (Å²) in [6, 6.07) is 0.00242. The molecule has 0 bridgehead atoms. The highest BCUT2D eigenvalue weighted by atomic mass is 32.1. The van der Waals surface area contributed by atoms with Crippen LogP contribution in [0, 0.1) is 6.92 Å². The van der Waals surface area contributed by atoms with Crippen LogP contribution in [0.2, 0.25) is 0 Å². The Bertz CT molecular complexity index is 426. The maximum atomic E-state index is 12.2. The minimum atomic E-state index is 0.00242. The lowest BCUT2D eigenvalue weighted by atomic mass is 10.2. The summed E-state index contributed by atoms with van der Waals surface area (Å²) in [6.07, 6.45) is 1.79. The first-order valence-corrected chi connectivity index (χ1v) is 7.83. The molecular formula is C13H24N4OS+2. The van der Waals surface area contributed by atoms with Crippen molar-refractivity contribution >= 4 is 22.4 Å². The smallest absolute Gasteiger partial charge is 0.284 e. The van der Waals surface area contributed by atoms with Crippen molar-refractivity contribution in [3.05, 3.63) is 11.1 Å². The lowest BCUT2D eigenvalue weighted by Gasteiger charge is -2.31. The number of thiazole rings is 1. The van der Waals surface area contributed by atoms with Crippen LogP contribution in [0.1, 0.15) is 18.7 Å². The predicted molar refractivity (Wildman–Crippen MR) is 76.9 cm³/mol. The number of piperazine rings is 1. The highest BCUT2D eigenvalue weighted by molar-refractivity contribution is 7.15. The Balaban J connectivity index is 1.85. The number of aryl methyl sites for hydroxylation is 1. The Morgan fingerprint density at radius 1 is 1.47 bits per heavy atom. The zero-order valence-corrected chi connectivity index (χ0v) is 12.8. The summed E-state index contributed by atoms with van der Waals surface area (Å²) in [6.45, 7) is 11.9. The summed E-state index contributed by atoms with van der Waals surface area (Å²) >= 11 is 1.53. The van der Waals surface area contributed by atoms with Crippen molar-refractivity contribution in [3.8, 4) is 0 Å². The number of nitrogens with one attached hydrogen (secondary N) is 3. The van der Waals surface area contributed by atoms with E-state index in [1.807, 2.05) is 13.8 Å². The third kappa shape index (κ3) is 3.75. The van der Waals surface area contributed by atoms with E-state index in [0.29, 0.717) is 5.13 Å². The molecule has 2 heterocycles. The van der Waals surface area contributed by atoms with E-state index in [0.717, 1.165) is 18.0 Å². The van der Waals surface area contributed by atoms with Crippen LogP contribution in [0.5, 0.6) is 0 Å². The normalized spacial score (nSPS) is 25.0. The number of carbonyl (C=O) groups is 1. The van der Waals surface area contributed by atoms with Crippen LogP contribution in [-0.4, -0.2) is 49.7 Å². The van der Waals surface area contributed by atoms with Crippen molar-refractivity contribution in [2.24, 2.45) is 0 Å². The van der Waals surface area contributed by atoms with Crippen molar-refractivity contribution in [2.45, 2.75) is 26.8 Å². The van der Waals surface area contributed by atoms with Crippen molar-refractivity contribution in [1.29, 1.82) is 0 Å². The number of hydrogen-bond donors (Lipinski definition) is 3. The van der Waals surface area contributed by atoms with Gasteiger partial charge in [0.15, 0.2) is 11.2 Å². The molecule has 0 spiro atoms. The Morgan fingerprint density at radius 3 is 2.68 bits per heavy atom. The third-order valence-corrected chi connectivity index (χ3v) is 4.78. The zero-order valence-electron chi connectivity index (χ0n) is 12.0. The van der Waals surface area contributed by atoms with Crippen molar-refractivity contribution in [3.63, 3.8) is 0 Å². The molecular weight excluding hydrogens is 260 g/mol. The minimum Gasteiger partial charge on any atom is -0.326 e. The largest absolute Gasteiger partial charge is 0.326 e. The number of amides is 1. The molecule has 1 saturated heterocycles. The second-order valence-corrected chi connectivity index (χ2v) is 6.48. The molecule has 1 aliphatic rings. The highest BCUT2D eigenvalue weighted by Gasteiger charge is 2.30. The summed E-state index contributed by atoms with van der Waals surface area (Å²) in [5.41, 5.74) is 0. The van der Waals surface area contributed by atoms with E-state index in [1.165, 1.54) is 35.9 Å². The molecule has 1 atom stereocenters. The summed E-state index contributed by atoms with van der Waals surface area (Å²) in [7, 11) is 0. The predicted octanol–water partition coefficient (Wildman–Crippen LogP) is -1.42. The van der Waals surface area contributed by atoms with Gasteiger partial charge in [0.2, 0.25) is 0 Å². The topological polar surface area (TPSA) is 50.9 Å². The molecule has 1 amide bonds. The lowest BCUT2D eigenvalue weighted by Crippen LogP contribution is -3.29. The van der Waals surface area contributed by atoms with E-state index >= 15 is 0 Å². The number of anilines is 1.